The average Bonchev–Trinajstić information content (AvgIpc) is 2.08. The number of rotatable bonds is 3. The smallest absolute Gasteiger partial charge is 0.133 e. The zero-order valence-electron chi connectivity index (χ0n) is 7.30. The molecule has 1 rings (SSSR count). The standard InChI is InChI=1S/C9H11BrN2O/c1-2-13-8-4-3-6(9(11)12)5-7(8)10/h3-5H,2H2,1H3,(H3,11,12). The molecule has 0 aliphatic rings. The van der Waals surface area contributed by atoms with Crippen molar-refractivity contribution in [2.24, 2.45) is 5.73 Å². The van der Waals surface area contributed by atoms with Crippen LogP contribution in [-0.2, 0) is 0 Å². The number of hydrogen-bond acceptors (Lipinski definition) is 2. The van der Waals surface area contributed by atoms with Gasteiger partial charge in [0, 0.05) is 5.56 Å². The van der Waals surface area contributed by atoms with Gasteiger partial charge in [0.25, 0.3) is 0 Å². The second-order valence-electron chi connectivity index (χ2n) is 2.49. The minimum Gasteiger partial charge on any atom is -0.493 e. The Labute approximate surface area is 85.5 Å². The lowest BCUT2D eigenvalue weighted by atomic mass is 10.2. The van der Waals surface area contributed by atoms with E-state index in [0.29, 0.717) is 12.2 Å². The summed E-state index contributed by atoms with van der Waals surface area (Å²) in [6.45, 7) is 2.54. The molecular weight excluding hydrogens is 232 g/mol. The predicted octanol–water partition coefficient (Wildman–Crippen LogP) is 2.13. The summed E-state index contributed by atoms with van der Waals surface area (Å²) in [7, 11) is 0. The highest BCUT2D eigenvalue weighted by atomic mass is 79.9. The summed E-state index contributed by atoms with van der Waals surface area (Å²) in [4.78, 5) is 0. The second-order valence-corrected chi connectivity index (χ2v) is 3.35. The molecule has 0 heterocycles. The quantitative estimate of drug-likeness (QED) is 0.631. The molecule has 0 atom stereocenters. The zero-order valence-corrected chi connectivity index (χ0v) is 8.89. The first kappa shape index (κ1) is 10.1. The first-order valence-electron chi connectivity index (χ1n) is 3.92. The maximum atomic E-state index is 7.22. The van der Waals surface area contributed by atoms with Gasteiger partial charge < -0.3 is 10.5 Å². The number of halogens is 1. The molecular formula is C9H11BrN2O. The Morgan fingerprint density at radius 2 is 2.31 bits per heavy atom. The highest BCUT2D eigenvalue weighted by Gasteiger charge is 2.03. The van der Waals surface area contributed by atoms with Crippen LogP contribution in [0, 0.1) is 5.41 Å². The van der Waals surface area contributed by atoms with Crippen LogP contribution in [0.5, 0.6) is 5.75 Å². The summed E-state index contributed by atoms with van der Waals surface area (Å²) >= 11 is 3.34. The van der Waals surface area contributed by atoms with Crippen LogP contribution < -0.4 is 10.5 Å². The lowest BCUT2D eigenvalue weighted by Crippen LogP contribution is -2.10. The Morgan fingerprint density at radius 1 is 1.62 bits per heavy atom. The van der Waals surface area contributed by atoms with Crippen LogP contribution in [-0.4, -0.2) is 12.4 Å². The monoisotopic (exact) mass is 242 g/mol. The first-order chi connectivity index (χ1) is 6.15. The van der Waals surface area contributed by atoms with Gasteiger partial charge in [-0.3, -0.25) is 5.41 Å². The molecule has 0 aromatic heterocycles. The molecule has 0 unspecified atom stereocenters. The summed E-state index contributed by atoms with van der Waals surface area (Å²) < 4.78 is 6.13. The predicted molar refractivity (Wildman–Crippen MR) is 56.3 cm³/mol. The molecule has 1 aromatic carbocycles. The molecule has 0 radical (unpaired) electrons. The fourth-order valence-electron chi connectivity index (χ4n) is 0.941. The SMILES string of the molecule is CCOc1ccc(C(=N)N)cc1Br. The maximum absolute atomic E-state index is 7.22. The lowest BCUT2D eigenvalue weighted by Gasteiger charge is -2.06. The molecule has 0 aliphatic heterocycles. The van der Waals surface area contributed by atoms with Crippen molar-refractivity contribution >= 4 is 21.8 Å². The van der Waals surface area contributed by atoms with E-state index < -0.39 is 0 Å². The van der Waals surface area contributed by atoms with Crippen LogP contribution in [0.15, 0.2) is 22.7 Å². The van der Waals surface area contributed by atoms with Crippen molar-refractivity contribution in [2.75, 3.05) is 6.61 Å². The molecule has 0 bridgehead atoms. The molecule has 0 saturated heterocycles. The highest BCUT2D eigenvalue weighted by molar-refractivity contribution is 9.10. The van der Waals surface area contributed by atoms with Crippen molar-refractivity contribution in [1.82, 2.24) is 0 Å². The van der Waals surface area contributed by atoms with E-state index in [1.54, 1.807) is 18.2 Å². The third-order valence-electron chi connectivity index (χ3n) is 1.54. The molecule has 0 amide bonds. The summed E-state index contributed by atoms with van der Waals surface area (Å²) in [5, 5.41) is 7.22. The van der Waals surface area contributed by atoms with Crippen molar-refractivity contribution in [2.45, 2.75) is 6.92 Å². The van der Waals surface area contributed by atoms with E-state index in [4.69, 9.17) is 15.9 Å². The van der Waals surface area contributed by atoms with E-state index >= 15 is 0 Å². The molecule has 3 nitrogen and oxygen atoms in total. The largest absolute Gasteiger partial charge is 0.493 e. The van der Waals surface area contributed by atoms with E-state index in [1.807, 2.05) is 6.92 Å². The summed E-state index contributed by atoms with van der Waals surface area (Å²) in [5.41, 5.74) is 6.02. The zero-order chi connectivity index (χ0) is 9.84. The average molecular weight is 243 g/mol. The van der Waals surface area contributed by atoms with Crippen LogP contribution >= 0.6 is 15.9 Å². The van der Waals surface area contributed by atoms with Gasteiger partial charge in [0.15, 0.2) is 0 Å². The van der Waals surface area contributed by atoms with Gasteiger partial charge in [0.05, 0.1) is 11.1 Å². The lowest BCUT2D eigenvalue weighted by molar-refractivity contribution is 0.338. The van der Waals surface area contributed by atoms with Crippen molar-refractivity contribution in [3.8, 4) is 5.75 Å². The molecule has 1 aromatic rings. The van der Waals surface area contributed by atoms with Crippen LogP contribution in [0.4, 0.5) is 0 Å². The van der Waals surface area contributed by atoms with Gasteiger partial charge in [-0.15, -0.1) is 0 Å². The van der Waals surface area contributed by atoms with Gasteiger partial charge in [-0.05, 0) is 41.1 Å². The first-order valence-corrected chi connectivity index (χ1v) is 4.71. The summed E-state index contributed by atoms with van der Waals surface area (Å²) in [6, 6.07) is 5.33. The highest BCUT2D eigenvalue weighted by Crippen LogP contribution is 2.25. The Balaban J connectivity index is 2.98. The van der Waals surface area contributed by atoms with E-state index in [9.17, 15) is 0 Å². The minimum atomic E-state index is 0.0590. The fourth-order valence-corrected chi connectivity index (χ4v) is 1.43. The van der Waals surface area contributed by atoms with E-state index in [2.05, 4.69) is 15.9 Å². The molecule has 0 aliphatic carbocycles. The summed E-state index contributed by atoms with van der Waals surface area (Å²) in [5.74, 6) is 0.830. The Bertz CT molecular complexity index is 325. The Hall–Kier alpha value is -1.03. The second kappa shape index (κ2) is 4.28. The van der Waals surface area contributed by atoms with Gasteiger partial charge in [0.2, 0.25) is 0 Å². The molecule has 0 fully saturated rings. The van der Waals surface area contributed by atoms with Crippen LogP contribution in [0.3, 0.4) is 0 Å². The number of hydrogen-bond donors (Lipinski definition) is 2. The van der Waals surface area contributed by atoms with Crippen molar-refractivity contribution < 1.29 is 4.74 Å². The maximum Gasteiger partial charge on any atom is 0.133 e. The number of nitrogen functional groups attached to an aromatic ring is 1. The third-order valence-corrected chi connectivity index (χ3v) is 2.16. The number of nitrogens with one attached hydrogen (secondary N) is 1. The summed E-state index contributed by atoms with van der Waals surface area (Å²) in [6.07, 6.45) is 0. The van der Waals surface area contributed by atoms with Crippen LogP contribution in [0.1, 0.15) is 12.5 Å². The van der Waals surface area contributed by atoms with Crippen molar-refractivity contribution in [3.05, 3.63) is 28.2 Å². The normalized spacial score (nSPS) is 9.69. The van der Waals surface area contributed by atoms with E-state index in [1.165, 1.54) is 0 Å². The number of benzene rings is 1. The molecule has 13 heavy (non-hydrogen) atoms. The third kappa shape index (κ3) is 2.45. The van der Waals surface area contributed by atoms with Crippen LogP contribution in [0.2, 0.25) is 0 Å². The fraction of sp³-hybridized carbons (Fsp3) is 0.222. The van der Waals surface area contributed by atoms with Gasteiger partial charge >= 0.3 is 0 Å². The molecule has 0 spiro atoms. The van der Waals surface area contributed by atoms with E-state index in [0.717, 1.165) is 10.2 Å². The van der Waals surface area contributed by atoms with Gasteiger partial charge in [-0.2, -0.15) is 0 Å². The number of ether oxygens (including phenoxy) is 1. The number of amidine groups is 1. The minimum absolute atomic E-state index is 0.0590. The molecule has 0 saturated carbocycles. The Kier molecular flexibility index (Phi) is 3.31. The topological polar surface area (TPSA) is 59.1 Å². The van der Waals surface area contributed by atoms with Crippen molar-refractivity contribution in [1.29, 1.82) is 5.41 Å². The molecule has 70 valence electrons. The van der Waals surface area contributed by atoms with Crippen molar-refractivity contribution in [3.63, 3.8) is 0 Å². The molecule has 4 heteroatoms. The van der Waals surface area contributed by atoms with Gasteiger partial charge in [-0.1, -0.05) is 0 Å². The molecule has 3 N–H and O–H groups in total. The van der Waals surface area contributed by atoms with E-state index in [-0.39, 0.29) is 5.84 Å². The number of nitrogens with two attached hydrogens (primary N) is 1. The van der Waals surface area contributed by atoms with Crippen LogP contribution in [0.25, 0.3) is 0 Å². The van der Waals surface area contributed by atoms with Gasteiger partial charge in [-0.25, -0.2) is 0 Å². The Morgan fingerprint density at radius 3 is 2.77 bits per heavy atom. The van der Waals surface area contributed by atoms with Gasteiger partial charge in [0.1, 0.15) is 11.6 Å².